The lowest BCUT2D eigenvalue weighted by atomic mass is 10.1. The van der Waals surface area contributed by atoms with Crippen molar-refractivity contribution in [3.63, 3.8) is 0 Å². The van der Waals surface area contributed by atoms with Crippen molar-refractivity contribution in [1.82, 2.24) is 4.90 Å². The molecule has 1 heterocycles. The Hall–Kier alpha value is -2.17. The highest BCUT2D eigenvalue weighted by Gasteiger charge is 2.29. The molecule has 0 aromatic heterocycles. The number of carbonyl (C=O) groups excluding carboxylic acids is 1. The van der Waals surface area contributed by atoms with E-state index >= 15 is 0 Å². The number of amides is 1. The van der Waals surface area contributed by atoms with Gasteiger partial charge in [0.25, 0.3) is 0 Å². The first-order valence-corrected chi connectivity index (χ1v) is 6.43. The Morgan fingerprint density at radius 2 is 2.20 bits per heavy atom. The van der Waals surface area contributed by atoms with E-state index in [4.69, 9.17) is 5.11 Å². The van der Waals surface area contributed by atoms with E-state index < -0.39 is 11.9 Å². The number of likely N-dealkylation sites (tertiary alicyclic amines) is 1. The molecule has 1 unspecified atom stereocenters. The lowest BCUT2D eigenvalue weighted by Gasteiger charge is -2.14. The second-order valence-corrected chi connectivity index (χ2v) is 4.95. The van der Waals surface area contributed by atoms with Crippen LogP contribution in [0.5, 0.6) is 0 Å². The van der Waals surface area contributed by atoms with Crippen LogP contribution in [0.4, 0.5) is 4.39 Å². The summed E-state index contributed by atoms with van der Waals surface area (Å²) in [6, 6.07) is 6.02. The van der Waals surface area contributed by atoms with E-state index in [2.05, 4.69) is 0 Å². The van der Waals surface area contributed by atoms with Crippen LogP contribution < -0.4 is 0 Å². The maximum Gasteiger partial charge on any atom is 0.308 e. The van der Waals surface area contributed by atoms with E-state index in [1.165, 1.54) is 23.1 Å². The van der Waals surface area contributed by atoms with Crippen molar-refractivity contribution in [2.75, 3.05) is 13.1 Å². The molecule has 20 heavy (non-hydrogen) atoms. The van der Waals surface area contributed by atoms with Gasteiger partial charge in [-0.15, -0.1) is 0 Å². The predicted octanol–water partition coefficient (Wildman–Crippen LogP) is 2.16. The van der Waals surface area contributed by atoms with Crippen molar-refractivity contribution in [3.05, 3.63) is 41.7 Å². The molecule has 1 aromatic carbocycles. The van der Waals surface area contributed by atoms with Crippen LogP contribution in [-0.2, 0) is 9.59 Å². The lowest BCUT2D eigenvalue weighted by molar-refractivity contribution is -0.141. The summed E-state index contributed by atoms with van der Waals surface area (Å²) in [6.45, 7) is 2.42. The molecule has 1 aromatic rings. The van der Waals surface area contributed by atoms with Gasteiger partial charge in [-0.25, -0.2) is 4.39 Å². The van der Waals surface area contributed by atoms with E-state index in [1.54, 1.807) is 19.1 Å². The molecule has 1 fully saturated rings. The Kier molecular flexibility index (Phi) is 4.17. The summed E-state index contributed by atoms with van der Waals surface area (Å²) in [5.74, 6) is -1.93. The normalized spacial score (nSPS) is 19.2. The van der Waals surface area contributed by atoms with Gasteiger partial charge in [-0.1, -0.05) is 12.1 Å². The molecular weight excluding hydrogens is 261 g/mol. The molecule has 0 spiro atoms. The number of carboxylic acids is 1. The van der Waals surface area contributed by atoms with Crippen LogP contribution in [0.25, 0.3) is 5.57 Å². The summed E-state index contributed by atoms with van der Waals surface area (Å²) in [4.78, 5) is 24.4. The van der Waals surface area contributed by atoms with Gasteiger partial charge in [0.2, 0.25) is 5.91 Å². The molecule has 1 aliphatic heterocycles. The number of nitrogens with zero attached hydrogens (tertiary/aromatic N) is 1. The van der Waals surface area contributed by atoms with E-state index in [9.17, 15) is 14.0 Å². The van der Waals surface area contributed by atoms with Crippen molar-refractivity contribution in [3.8, 4) is 0 Å². The van der Waals surface area contributed by atoms with Crippen LogP contribution in [0.1, 0.15) is 18.9 Å². The van der Waals surface area contributed by atoms with Gasteiger partial charge in [0.1, 0.15) is 5.82 Å². The monoisotopic (exact) mass is 277 g/mol. The summed E-state index contributed by atoms with van der Waals surface area (Å²) >= 11 is 0. The third-order valence-electron chi connectivity index (χ3n) is 3.47. The summed E-state index contributed by atoms with van der Waals surface area (Å²) in [7, 11) is 0. The zero-order chi connectivity index (χ0) is 14.7. The minimum Gasteiger partial charge on any atom is -0.481 e. The largest absolute Gasteiger partial charge is 0.481 e. The fraction of sp³-hybridized carbons (Fsp3) is 0.333. The highest BCUT2D eigenvalue weighted by atomic mass is 19.1. The van der Waals surface area contributed by atoms with Crippen molar-refractivity contribution in [2.24, 2.45) is 5.92 Å². The van der Waals surface area contributed by atoms with Gasteiger partial charge in [-0.05, 0) is 36.6 Å². The third kappa shape index (κ3) is 3.23. The van der Waals surface area contributed by atoms with Crippen LogP contribution in [0, 0.1) is 11.7 Å². The van der Waals surface area contributed by atoms with Gasteiger partial charge in [-0.3, -0.25) is 9.59 Å². The van der Waals surface area contributed by atoms with E-state index in [0.29, 0.717) is 24.1 Å². The quantitative estimate of drug-likeness (QED) is 0.861. The molecule has 1 amide bonds. The zero-order valence-electron chi connectivity index (χ0n) is 11.2. The van der Waals surface area contributed by atoms with Gasteiger partial charge >= 0.3 is 5.97 Å². The molecule has 2 rings (SSSR count). The van der Waals surface area contributed by atoms with Crippen molar-refractivity contribution >= 4 is 17.4 Å². The van der Waals surface area contributed by atoms with E-state index in [-0.39, 0.29) is 18.3 Å². The number of hydrogen-bond acceptors (Lipinski definition) is 2. The molecule has 1 saturated heterocycles. The highest BCUT2D eigenvalue weighted by molar-refractivity contribution is 5.95. The molecule has 106 valence electrons. The molecular formula is C15H16FNO3. The summed E-state index contributed by atoms with van der Waals surface area (Å²) in [5, 5.41) is 8.91. The Morgan fingerprint density at radius 3 is 2.80 bits per heavy atom. The lowest BCUT2D eigenvalue weighted by Crippen LogP contribution is -2.28. The minimum atomic E-state index is -0.869. The number of carboxylic acid groups (broad SMARTS) is 1. The van der Waals surface area contributed by atoms with Gasteiger partial charge in [0.05, 0.1) is 5.92 Å². The van der Waals surface area contributed by atoms with Gasteiger partial charge in [-0.2, -0.15) is 0 Å². The summed E-state index contributed by atoms with van der Waals surface area (Å²) in [5.41, 5.74) is 1.31. The van der Waals surface area contributed by atoms with Crippen molar-refractivity contribution < 1.29 is 19.1 Å². The highest BCUT2D eigenvalue weighted by Crippen LogP contribution is 2.19. The number of rotatable bonds is 3. The molecule has 1 N–H and O–H groups in total. The third-order valence-corrected chi connectivity index (χ3v) is 3.47. The SMILES string of the molecule is C/C(=C/C(=O)N1CCC(C(=O)O)C1)c1cccc(F)c1. The van der Waals surface area contributed by atoms with Gasteiger partial charge in [0.15, 0.2) is 0 Å². The van der Waals surface area contributed by atoms with Crippen LogP contribution in [-0.4, -0.2) is 35.0 Å². The maximum absolute atomic E-state index is 13.1. The Bertz CT molecular complexity index is 568. The van der Waals surface area contributed by atoms with Crippen molar-refractivity contribution in [2.45, 2.75) is 13.3 Å². The molecule has 0 radical (unpaired) electrons. The van der Waals surface area contributed by atoms with E-state index in [1.807, 2.05) is 0 Å². The zero-order valence-corrected chi connectivity index (χ0v) is 11.2. The fourth-order valence-electron chi connectivity index (χ4n) is 2.26. The van der Waals surface area contributed by atoms with E-state index in [0.717, 1.165) is 0 Å². The second-order valence-electron chi connectivity index (χ2n) is 4.95. The molecule has 0 aliphatic carbocycles. The molecule has 1 atom stereocenters. The number of benzene rings is 1. The topological polar surface area (TPSA) is 57.6 Å². The average Bonchev–Trinajstić information content (AvgIpc) is 2.88. The first-order valence-electron chi connectivity index (χ1n) is 6.43. The van der Waals surface area contributed by atoms with Crippen LogP contribution in [0.15, 0.2) is 30.3 Å². The molecule has 5 heteroatoms. The molecule has 1 aliphatic rings. The first-order chi connectivity index (χ1) is 9.47. The molecule has 0 bridgehead atoms. The Balaban J connectivity index is 2.07. The summed E-state index contributed by atoms with van der Waals surface area (Å²) in [6.07, 6.45) is 1.91. The minimum absolute atomic E-state index is 0.226. The standard InChI is InChI=1S/C15H16FNO3/c1-10(11-3-2-4-13(16)8-11)7-14(18)17-6-5-12(9-17)15(19)20/h2-4,7-8,12H,5-6,9H2,1H3,(H,19,20)/b10-7-. The fourth-order valence-corrected chi connectivity index (χ4v) is 2.26. The number of hydrogen-bond donors (Lipinski definition) is 1. The summed E-state index contributed by atoms with van der Waals surface area (Å²) < 4.78 is 13.1. The predicted molar refractivity (Wildman–Crippen MR) is 72.4 cm³/mol. The van der Waals surface area contributed by atoms with Crippen LogP contribution in [0.2, 0.25) is 0 Å². The second kappa shape index (κ2) is 5.86. The van der Waals surface area contributed by atoms with Crippen LogP contribution in [0.3, 0.4) is 0 Å². The number of carbonyl (C=O) groups is 2. The first kappa shape index (κ1) is 14.2. The molecule has 0 saturated carbocycles. The Labute approximate surface area is 116 Å². The smallest absolute Gasteiger partial charge is 0.308 e. The van der Waals surface area contributed by atoms with Gasteiger partial charge in [0, 0.05) is 19.2 Å². The average molecular weight is 277 g/mol. The number of allylic oxidation sites excluding steroid dienone is 1. The van der Waals surface area contributed by atoms with Crippen LogP contribution >= 0.6 is 0 Å². The van der Waals surface area contributed by atoms with Gasteiger partial charge < -0.3 is 10.0 Å². The number of halogens is 1. The Morgan fingerprint density at radius 1 is 1.45 bits per heavy atom. The van der Waals surface area contributed by atoms with Crippen molar-refractivity contribution in [1.29, 1.82) is 0 Å². The maximum atomic E-state index is 13.1. The number of aliphatic carboxylic acids is 1. The molecule has 4 nitrogen and oxygen atoms in total.